The van der Waals surface area contributed by atoms with Crippen LogP contribution in [-0.4, -0.2) is 32.7 Å². The lowest BCUT2D eigenvalue weighted by Gasteiger charge is -2.25. The summed E-state index contributed by atoms with van der Waals surface area (Å²) in [4.78, 5) is 11.6. The first-order chi connectivity index (χ1) is 16.8. The van der Waals surface area contributed by atoms with E-state index in [2.05, 4.69) is 20.3 Å². The maximum Gasteiger partial charge on any atom is 0.419 e. The van der Waals surface area contributed by atoms with Crippen LogP contribution in [0.5, 0.6) is 11.8 Å². The largest absolute Gasteiger partial charge is 0.424 e. The van der Waals surface area contributed by atoms with Crippen LogP contribution >= 0.6 is 0 Å². The molecule has 0 spiro atoms. The standard InChI is InChI=1S/C24H21F4N5O2/c1-33-20-8-15(6-16-12-34-13-16)7-19(25)21(20)32-22(33)29-9-14-2-4-18(5-3-14)35-23-30-10-17(11-31-23)24(26,27)28/h2-5,7-8,10-11,16H,6,9,12-13H2,1H3,(H,29,32). The molecule has 5 rings (SSSR count). The smallest absolute Gasteiger partial charge is 0.419 e. The molecule has 0 amide bonds. The predicted octanol–water partition coefficient (Wildman–Crippen LogP) is 5.11. The summed E-state index contributed by atoms with van der Waals surface area (Å²) in [6, 6.07) is 10.2. The molecular weight excluding hydrogens is 466 g/mol. The van der Waals surface area contributed by atoms with E-state index >= 15 is 0 Å². The molecule has 7 nitrogen and oxygen atoms in total. The molecule has 0 aliphatic carbocycles. The SMILES string of the molecule is Cn1c(NCc2ccc(Oc3ncc(C(F)(F)F)cn3)cc2)nc2c(F)cc(CC3COC3)cc21. The number of nitrogens with zero attached hydrogens (tertiary/aromatic N) is 4. The lowest BCUT2D eigenvalue weighted by molar-refractivity contribution is -0.138. The molecule has 4 aromatic rings. The van der Waals surface area contributed by atoms with E-state index in [9.17, 15) is 17.6 Å². The van der Waals surface area contributed by atoms with Gasteiger partial charge in [-0.2, -0.15) is 13.2 Å². The Morgan fingerprint density at radius 3 is 2.43 bits per heavy atom. The Morgan fingerprint density at radius 2 is 1.80 bits per heavy atom. The number of fused-ring (bicyclic) bond motifs is 1. The highest BCUT2D eigenvalue weighted by Crippen LogP contribution is 2.29. The van der Waals surface area contributed by atoms with Crippen LogP contribution in [0.2, 0.25) is 0 Å². The van der Waals surface area contributed by atoms with Crippen molar-refractivity contribution in [3.05, 3.63) is 71.3 Å². The number of alkyl halides is 3. The first kappa shape index (κ1) is 23.0. The number of anilines is 1. The van der Waals surface area contributed by atoms with Crippen molar-refractivity contribution in [2.75, 3.05) is 18.5 Å². The summed E-state index contributed by atoms with van der Waals surface area (Å²) in [6.07, 6.45) is -2.39. The second-order valence-electron chi connectivity index (χ2n) is 8.40. The number of hydrogen-bond donors (Lipinski definition) is 1. The fourth-order valence-corrected chi connectivity index (χ4v) is 3.79. The topological polar surface area (TPSA) is 74.1 Å². The second-order valence-corrected chi connectivity index (χ2v) is 8.40. The van der Waals surface area contributed by atoms with Crippen LogP contribution in [0.1, 0.15) is 16.7 Å². The molecule has 0 bridgehead atoms. The number of ether oxygens (including phenoxy) is 2. The van der Waals surface area contributed by atoms with Gasteiger partial charge in [-0.3, -0.25) is 0 Å². The summed E-state index contributed by atoms with van der Waals surface area (Å²) < 4.78 is 64.9. The van der Waals surface area contributed by atoms with Crippen LogP contribution in [0.25, 0.3) is 11.0 Å². The van der Waals surface area contributed by atoms with Gasteiger partial charge in [0, 0.05) is 31.9 Å². The third-order valence-electron chi connectivity index (χ3n) is 5.77. The number of rotatable bonds is 7. The van der Waals surface area contributed by atoms with Gasteiger partial charge in [0.1, 0.15) is 11.3 Å². The second kappa shape index (κ2) is 9.14. The number of imidazole rings is 1. The molecule has 0 saturated carbocycles. The molecule has 0 atom stereocenters. The van der Waals surface area contributed by atoms with Crippen molar-refractivity contribution in [1.82, 2.24) is 19.5 Å². The van der Waals surface area contributed by atoms with Crippen molar-refractivity contribution in [2.45, 2.75) is 19.1 Å². The van der Waals surface area contributed by atoms with E-state index in [1.807, 2.05) is 17.7 Å². The highest BCUT2D eigenvalue weighted by molar-refractivity contribution is 5.80. The van der Waals surface area contributed by atoms with Gasteiger partial charge in [-0.05, 0) is 41.8 Å². The Labute approximate surface area is 197 Å². The molecule has 11 heteroatoms. The lowest BCUT2D eigenvalue weighted by atomic mass is 9.97. The van der Waals surface area contributed by atoms with E-state index in [1.165, 1.54) is 6.07 Å². The quantitative estimate of drug-likeness (QED) is 0.365. The molecule has 0 radical (unpaired) electrons. The molecule has 2 aromatic carbocycles. The van der Waals surface area contributed by atoms with Gasteiger partial charge >= 0.3 is 12.2 Å². The van der Waals surface area contributed by atoms with E-state index in [1.54, 1.807) is 24.3 Å². The number of hydrogen-bond acceptors (Lipinski definition) is 6. The van der Waals surface area contributed by atoms with E-state index < -0.39 is 11.7 Å². The summed E-state index contributed by atoms with van der Waals surface area (Å²) in [7, 11) is 1.83. The maximum absolute atomic E-state index is 14.7. The van der Waals surface area contributed by atoms with Crippen LogP contribution in [0, 0.1) is 11.7 Å². The average molecular weight is 487 g/mol. The highest BCUT2D eigenvalue weighted by Gasteiger charge is 2.31. The Bertz CT molecular complexity index is 1330. The molecule has 1 saturated heterocycles. The van der Waals surface area contributed by atoms with Gasteiger partial charge < -0.3 is 19.4 Å². The zero-order valence-electron chi connectivity index (χ0n) is 18.6. The minimum atomic E-state index is -4.51. The number of nitrogens with one attached hydrogen (secondary N) is 1. The number of aromatic nitrogens is 4. The summed E-state index contributed by atoms with van der Waals surface area (Å²) >= 11 is 0. The van der Waals surface area contributed by atoms with Crippen LogP contribution in [0.4, 0.5) is 23.5 Å². The lowest BCUT2D eigenvalue weighted by Crippen LogP contribution is -2.29. The van der Waals surface area contributed by atoms with Crippen molar-refractivity contribution in [3.63, 3.8) is 0 Å². The molecule has 182 valence electrons. The fourth-order valence-electron chi connectivity index (χ4n) is 3.79. The minimum Gasteiger partial charge on any atom is -0.424 e. The predicted molar refractivity (Wildman–Crippen MR) is 120 cm³/mol. The Kier molecular flexibility index (Phi) is 6.01. The van der Waals surface area contributed by atoms with E-state index in [0.29, 0.717) is 60.8 Å². The zero-order chi connectivity index (χ0) is 24.6. The summed E-state index contributed by atoms with van der Waals surface area (Å²) in [5.41, 5.74) is 1.89. The van der Waals surface area contributed by atoms with Crippen molar-refractivity contribution in [1.29, 1.82) is 0 Å². The van der Waals surface area contributed by atoms with Gasteiger partial charge in [-0.1, -0.05) is 12.1 Å². The first-order valence-electron chi connectivity index (χ1n) is 10.9. The van der Waals surface area contributed by atoms with E-state index in [-0.39, 0.29) is 11.8 Å². The molecule has 1 N–H and O–H groups in total. The molecule has 0 unspecified atom stereocenters. The van der Waals surface area contributed by atoms with Crippen LogP contribution in [0.15, 0.2) is 48.8 Å². The normalized spacial score (nSPS) is 14.2. The molecule has 2 aromatic heterocycles. The number of aryl methyl sites for hydroxylation is 1. The molecular formula is C24H21F4N5O2. The van der Waals surface area contributed by atoms with Gasteiger partial charge in [0.2, 0.25) is 5.95 Å². The van der Waals surface area contributed by atoms with Crippen LogP contribution in [0.3, 0.4) is 0 Å². The first-order valence-corrected chi connectivity index (χ1v) is 10.9. The third-order valence-corrected chi connectivity index (χ3v) is 5.77. The van der Waals surface area contributed by atoms with Gasteiger partial charge in [-0.15, -0.1) is 0 Å². The highest BCUT2D eigenvalue weighted by atomic mass is 19.4. The van der Waals surface area contributed by atoms with Crippen molar-refractivity contribution >= 4 is 17.0 Å². The van der Waals surface area contributed by atoms with Gasteiger partial charge in [0.25, 0.3) is 0 Å². The van der Waals surface area contributed by atoms with Crippen LogP contribution < -0.4 is 10.1 Å². The Balaban J connectivity index is 1.23. The zero-order valence-corrected chi connectivity index (χ0v) is 18.6. The molecule has 1 aliphatic rings. The van der Waals surface area contributed by atoms with Crippen molar-refractivity contribution in [2.24, 2.45) is 13.0 Å². The summed E-state index contributed by atoms with van der Waals surface area (Å²) in [5.74, 6) is 0.980. The third kappa shape index (κ3) is 5.04. The Hall–Kier alpha value is -3.73. The maximum atomic E-state index is 14.7. The fraction of sp³-hybridized carbons (Fsp3) is 0.292. The van der Waals surface area contributed by atoms with Gasteiger partial charge in [-0.25, -0.2) is 19.3 Å². The summed E-state index contributed by atoms with van der Waals surface area (Å²) in [5, 5.41) is 3.21. The monoisotopic (exact) mass is 487 g/mol. The van der Waals surface area contributed by atoms with Gasteiger partial charge in [0.15, 0.2) is 5.82 Å². The average Bonchev–Trinajstić information content (AvgIpc) is 3.12. The number of halogens is 4. The molecule has 3 heterocycles. The van der Waals surface area contributed by atoms with Crippen LogP contribution in [-0.2, 0) is 30.9 Å². The molecule has 35 heavy (non-hydrogen) atoms. The van der Waals surface area contributed by atoms with E-state index in [4.69, 9.17) is 9.47 Å². The molecule has 1 fully saturated rings. The molecule has 1 aliphatic heterocycles. The van der Waals surface area contributed by atoms with Gasteiger partial charge in [0.05, 0.1) is 24.3 Å². The summed E-state index contributed by atoms with van der Waals surface area (Å²) in [6.45, 7) is 1.83. The van der Waals surface area contributed by atoms with Crippen molar-refractivity contribution < 1.29 is 27.0 Å². The number of benzene rings is 2. The van der Waals surface area contributed by atoms with Crippen molar-refractivity contribution in [3.8, 4) is 11.8 Å². The van der Waals surface area contributed by atoms with E-state index in [0.717, 1.165) is 17.5 Å². The Morgan fingerprint density at radius 1 is 1.09 bits per heavy atom. The minimum absolute atomic E-state index is 0.185.